The van der Waals surface area contributed by atoms with Gasteiger partial charge in [-0.15, -0.1) is 0 Å². The van der Waals surface area contributed by atoms with Gasteiger partial charge >= 0.3 is 0 Å². The molecule has 1 aliphatic rings. The molecule has 0 saturated heterocycles. The van der Waals surface area contributed by atoms with Gasteiger partial charge in [0.05, 0.1) is 0 Å². The molecule has 114 valence electrons. The Hall–Kier alpha value is -1.07. The zero-order chi connectivity index (χ0) is 15.9. The van der Waals surface area contributed by atoms with Crippen molar-refractivity contribution in [3.8, 4) is 0 Å². The molecular weight excluding hydrogens is 275 g/mol. The van der Waals surface area contributed by atoms with Crippen molar-refractivity contribution < 1.29 is 4.57 Å². The summed E-state index contributed by atoms with van der Waals surface area (Å²) in [6.45, 7) is 15.0. The molecule has 2 rings (SSSR count). The topological polar surface area (TPSA) is 17.1 Å². The van der Waals surface area contributed by atoms with Gasteiger partial charge in [0.15, 0.2) is 0 Å². The molecule has 1 aromatic carbocycles. The summed E-state index contributed by atoms with van der Waals surface area (Å²) in [5.41, 5.74) is 6.19. The standard InChI is InChI=1S/C19H27OP/c1-12-8-14(3)17(15(4)9-12)21(20)18-16(5)10-13(2)11-19(18,6)7/h8-11,18,21H,1-7H3. The molecule has 0 N–H and O–H groups in total. The number of hydrogen-bond acceptors (Lipinski definition) is 1. The van der Waals surface area contributed by atoms with E-state index < -0.39 is 7.80 Å². The van der Waals surface area contributed by atoms with Crippen LogP contribution in [0.2, 0.25) is 0 Å². The van der Waals surface area contributed by atoms with Gasteiger partial charge in [-0.25, -0.2) is 0 Å². The highest BCUT2D eigenvalue weighted by atomic mass is 31.1. The number of rotatable bonds is 2. The van der Waals surface area contributed by atoms with E-state index in [0.717, 1.165) is 5.30 Å². The molecule has 0 bridgehead atoms. The van der Waals surface area contributed by atoms with Crippen LogP contribution in [-0.2, 0) is 4.57 Å². The average molecular weight is 302 g/mol. The van der Waals surface area contributed by atoms with E-state index in [0.29, 0.717) is 0 Å². The minimum absolute atomic E-state index is 0.0528. The summed E-state index contributed by atoms with van der Waals surface area (Å²) in [5, 5.41) is 1.09. The normalized spacial score (nSPS) is 22.5. The molecule has 0 radical (unpaired) electrons. The van der Waals surface area contributed by atoms with Crippen molar-refractivity contribution >= 4 is 13.1 Å². The molecule has 2 heteroatoms. The molecule has 21 heavy (non-hydrogen) atoms. The van der Waals surface area contributed by atoms with Crippen LogP contribution in [0.5, 0.6) is 0 Å². The molecule has 0 heterocycles. The van der Waals surface area contributed by atoms with E-state index in [1.807, 2.05) is 0 Å². The monoisotopic (exact) mass is 302 g/mol. The van der Waals surface area contributed by atoms with E-state index in [9.17, 15) is 4.57 Å². The predicted molar refractivity (Wildman–Crippen MR) is 94.4 cm³/mol. The SMILES string of the molecule is CC1=CC(C)(C)C([PH](=O)c2c(C)cc(C)cc2C)C(C)=C1. The Kier molecular flexibility index (Phi) is 4.36. The Morgan fingerprint density at radius 2 is 1.52 bits per heavy atom. The highest BCUT2D eigenvalue weighted by Gasteiger charge is 2.37. The van der Waals surface area contributed by atoms with E-state index in [1.165, 1.54) is 27.8 Å². The van der Waals surface area contributed by atoms with E-state index in [4.69, 9.17) is 0 Å². The van der Waals surface area contributed by atoms with Crippen molar-refractivity contribution in [2.45, 2.75) is 54.1 Å². The largest absolute Gasteiger partial charge is 0.321 e. The van der Waals surface area contributed by atoms with Gasteiger partial charge in [0.25, 0.3) is 0 Å². The Morgan fingerprint density at radius 1 is 1.00 bits per heavy atom. The van der Waals surface area contributed by atoms with Crippen LogP contribution in [-0.4, -0.2) is 5.66 Å². The van der Waals surface area contributed by atoms with Crippen molar-refractivity contribution in [2.75, 3.05) is 0 Å². The van der Waals surface area contributed by atoms with Gasteiger partial charge in [0, 0.05) is 11.0 Å². The second-order valence-electron chi connectivity index (χ2n) is 7.17. The van der Waals surface area contributed by atoms with Crippen LogP contribution in [0.25, 0.3) is 0 Å². The fraction of sp³-hybridized carbons (Fsp3) is 0.474. The molecule has 0 amide bonds. The zero-order valence-electron chi connectivity index (χ0n) is 14.3. The van der Waals surface area contributed by atoms with Crippen LogP contribution in [0.1, 0.15) is 44.4 Å². The summed E-state index contributed by atoms with van der Waals surface area (Å²) in [4.78, 5) is 0. The third kappa shape index (κ3) is 3.09. The van der Waals surface area contributed by atoms with Gasteiger partial charge in [-0.1, -0.05) is 54.8 Å². The molecule has 0 spiro atoms. The fourth-order valence-corrected chi connectivity index (χ4v) is 6.47. The number of aryl methyl sites for hydroxylation is 3. The Morgan fingerprint density at radius 3 is 2.00 bits per heavy atom. The van der Waals surface area contributed by atoms with Crippen LogP contribution in [0.15, 0.2) is 35.4 Å². The van der Waals surface area contributed by atoms with E-state index in [2.05, 4.69) is 72.8 Å². The Balaban J connectivity index is 2.53. The molecule has 1 aliphatic carbocycles. The molecule has 0 aliphatic heterocycles. The molecule has 2 atom stereocenters. The third-order valence-corrected chi connectivity index (χ3v) is 7.45. The molecule has 1 nitrogen and oxygen atoms in total. The highest BCUT2D eigenvalue weighted by Crippen LogP contribution is 2.48. The van der Waals surface area contributed by atoms with Crippen molar-refractivity contribution in [3.63, 3.8) is 0 Å². The molecule has 0 fully saturated rings. The minimum Gasteiger partial charge on any atom is -0.321 e. The van der Waals surface area contributed by atoms with Crippen molar-refractivity contribution in [2.24, 2.45) is 5.41 Å². The summed E-state index contributed by atoms with van der Waals surface area (Å²) < 4.78 is 13.4. The summed E-state index contributed by atoms with van der Waals surface area (Å²) >= 11 is 0. The van der Waals surface area contributed by atoms with Crippen molar-refractivity contribution in [1.82, 2.24) is 0 Å². The maximum atomic E-state index is 13.4. The summed E-state index contributed by atoms with van der Waals surface area (Å²) in [6.07, 6.45) is 4.46. The summed E-state index contributed by atoms with van der Waals surface area (Å²) in [6, 6.07) is 4.31. The quantitative estimate of drug-likeness (QED) is 0.695. The van der Waals surface area contributed by atoms with Crippen molar-refractivity contribution in [1.29, 1.82) is 0 Å². The molecular formula is C19H27OP. The van der Waals surface area contributed by atoms with Gasteiger partial charge in [0.1, 0.15) is 7.80 Å². The second kappa shape index (κ2) is 5.61. The maximum absolute atomic E-state index is 13.4. The first-order valence-corrected chi connectivity index (χ1v) is 9.12. The number of allylic oxidation sites excluding steroid dienone is 4. The van der Waals surface area contributed by atoms with Crippen LogP contribution >= 0.6 is 7.80 Å². The lowest BCUT2D eigenvalue weighted by molar-refractivity contribution is 0.461. The van der Waals surface area contributed by atoms with Gasteiger partial charge in [-0.3, -0.25) is 0 Å². The first-order chi connectivity index (χ1) is 9.63. The smallest absolute Gasteiger partial charge is 0.112 e. The average Bonchev–Trinajstić information content (AvgIpc) is 2.23. The lowest BCUT2D eigenvalue weighted by Gasteiger charge is -2.36. The van der Waals surface area contributed by atoms with Gasteiger partial charge in [-0.2, -0.15) is 0 Å². The van der Waals surface area contributed by atoms with Crippen LogP contribution in [0, 0.1) is 26.2 Å². The maximum Gasteiger partial charge on any atom is 0.112 e. The first kappa shape index (κ1) is 16.3. The highest BCUT2D eigenvalue weighted by molar-refractivity contribution is 7.54. The second-order valence-corrected chi connectivity index (χ2v) is 8.97. The Bertz CT molecular complexity index is 639. The van der Waals surface area contributed by atoms with E-state index in [-0.39, 0.29) is 11.1 Å². The van der Waals surface area contributed by atoms with E-state index in [1.54, 1.807) is 0 Å². The van der Waals surface area contributed by atoms with Crippen LogP contribution < -0.4 is 5.30 Å². The summed E-state index contributed by atoms with van der Waals surface area (Å²) in [5.74, 6) is 0. The molecule has 1 aromatic rings. The predicted octanol–water partition coefficient (Wildman–Crippen LogP) is 5.10. The van der Waals surface area contributed by atoms with Gasteiger partial charge < -0.3 is 4.57 Å². The Labute approximate surface area is 129 Å². The zero-order valence-corrected chi connectivity index (χ0v) is 15.3. The minimum atomic E-state index is -1.89. The number of benzene rings is 1. The summed E-state index contributed by atoms with van der Waals surface area (Å²) in [7, 11) is -1.89. The fourth-order valence-electron chi connectivity index (χ4n) is 4.00. The van der Waals surface area contributed by atoms with Gasteiger partial charge in [0.2, 0.25) is 0 Å². The molecule has 0 saturated carbocycles. The third-order valence-electron chi connectivity index (χ3n) is 4.44. The lowest BCUT2D eigenvalue weighted by atomic mass is 9.79. The number of hydrogen-bond donors (Lipinski definition) is 0. The van der Waals surface area contributed by atoms with Crippen molar-refractivity contribution in [3.05, 3.63) is 52.1 Å². The van der Waals surface area contributed by atoms with Gasteiger partial charge in [-0.05, 0) is 51.2 Å². The lowest BCUT2D eigenvalue weighted by Crippen LogP contribution is -2.31. The molecule has 2 unspecified atom stereocenters. The van der Waals surface area contributed by atoms with Crippen LogP contribution in [0.4, 0.5) is 0 Å². The van der Waals surface area contributed by atoms with E-state index >= 15 is 0 Å². The van der Waals surface area contributed by atoms with Crippen LogP contribution in [0.3, 0.4) is 0 Å². The molecule has 0 aromatic heterocycles. The first-order valence-electron chi connectivity index (χ1n) is 7.63.